The molecule has 0 radical (unpaired) electrons. The normalized spacial score (nSPS) is 43.4. The number of ether oxygens (including phenoxy) is 2. The summed E-state index contributed by atoms with van der Waals surface area (Å²) in [6, 6.07) is 0. The van der Waals surface area contributed by atoms with E-state index < -0.39 is 34.8 Å². The summed E-state index contributed by atoms with van der Waals surface area (Å²) in [7, 11) is 0. The van der Waals surface area contributed by atoms with Crippen LogP contribution in [0.15, 0.2) is 0 Å². The van der Waals surface area contributed by atoms with E-state index >= 15 is 0 Å². The molecule has 3 rings (SSSR count). The summed E-state index contributed by atoms with van der Waals surface area (Å²) in [4.78, 5) is 11.5. The van der Waals surface area contributed by atoms with E-state index in [1.165, 1.54) is 0 Å². The monoisotopic (exact) mass is 298 g/mol. The molecular formula is C10H12F2O6S. The molecule has 3 aliphatic rings. The van der Waals surface area contributed by atoms with Gasteiger partial charge in [0.15, 0.2) is 0 Å². The minimum Gasteiger partial charge on any atom is -0.459 e. The van der Waals surface area contributed by atoms with Gasteiger partial charge < -0.3 is 19.1 Å². The van der Waals surface area contributed by atoms with Crippen molar-refractivity contribution in [2.75, 3.05) is 0 Å². The van der Waals surface area contributed by atoms with Crippen LogP contribution in [-0.4, -0.2) is 43.6 Å². The average molecular weight is 298 g/mol. The molecule has 1 aliphatic heterocycles. The first-order chi connectivity index (χ1) is 8.82. The summed E-state index contributed by atoms with van der Waals surface area (Å²) in [6.07, 6.45) is -3.04. The van der Waals surface area contributed by atoms with E-state index in [1.807, 2.05) is 0 Å². The Morgan fingerprint density at radius 3 is 2.79 bits per heavy atom. The number of alkyl halides is 2. The van der Waals surface area contributed by atoms with Crippen molar-refractivity contribution in [2.45, 2.75) is 36.6 Å². The summed E-state index contributed by atoms with van der Waals surface area (Å²) >= 11 is -3.53. The van der Waals surface area contributed by atoms with Gasteiger partial charge in [0.1, 0.15) is 12.2 Å². The van der Waals surface area contributed by atoms with Gasteiger partial charge in [-0.2, -0.15) is 8.78 Å². The van der Waals surface area contributed by atoms with Gasteiger partial charge in [-0.1, -0.05) is 0 Å². The van der Waals surface area contributed by atoms with E-state index in [9.17, 15) is 22.9 Å². The van der Waals surface area contributed by atoms with Crippen molar-refractivity contribution in [3.8, 4) is 0 Å². The van der Waals surface area contributed by atoms with Crippen LogP contribution in [0.25, 0.3) is 0 Å². The van der Waals surface area contributed by atoms with Gasteiger partial charge in [0.2, 0.25) is 17.4 Å². The molecule has 6 nitrogen and oxygen atoms in total. The molecule has 19 heavy (non-hydrogen) atoms. The Morgan fingerprint density at radius 1 is 1.47 bits per heavy atom. The summed E-state index contributed by atoms with van der Waals surface area (Å²) < 4.78 is 55.0. The van der Waals surface area contributed by atoms with E-state index in [4.69, 9.17) is 14.0 Å². The highest BCUT2D eigenvalue weighted by molar-refractivity contribution is 7.80. The van der Waals surface area contributed by atoms with Crippen molar-refractivity contribution in [2.24, 2.45) is 17.8 Å². The molecule has 0 spiro atoms. The summed E-state index contributed by atoms with van der Waals surface area (Å²) in [5, 5.41) is 4.99. The van der Waals surface area contributed by atoms with Crippen molar-refractivity contribution >= 4 is 17.0 Å². The first kappa shape index (κ1) is 13.3. The molecule has 0 aromatic carbocycles. The smallest absolute Gasteiger partial charge is 0.394 e. The summed E-state index contributed by atoms with van der Waals surface area (Å²) in [5.74, 6) is -0.734. The van der Waals surface area contributed by atoms with Gasteiger partial charge in [0.05, 0.1) is 5.92 Å². The minimum absolute atomic E-state index is 0.0528. The number of carbonyl (C=O) groups is 1. The van der Waals surface area contributed by atoms with Crippen LogP contribution in [0.2, 0.25) is 0 Å². The lowest BCUT2D eigenvalue weighted by Crippen LogP contribution is -2.45. The van der Waals surface area contributed by atoms with Gasteiger partial charge in [0, 0.05) is 5.92 Å². The maximum absolute atomic E-state index is 13.1. The van der Waals surface area contributed by atoms with Crippen LogP contribution in [0.5, 0.6) is 0 Å². The first-order valence-corrected chi connectivity index (χ1v) is 6.96. The zero-order valence-electron chi connectivity index (χ0n) is 9.57. The predicted molar refractivity (Wildman–Crippen MR) is 56.2 cm³/mol. The fourth-order valence-electron chi connectivity index (χ4n) is 3.40. The number of hydrogen-bond acceptors (Lipinski definition) is 5. The van der Waals surface area contributed by atoms with E-state index in [1.54, 1.807) is 0 Å². The molecule has 2 N–H and O–H groups in total. The van der Waals surface area contributed by atoms with Crippen molar-refractivity contribution < 1.29 is 36.9 Å². The number of hydrogen-bond donors (Lipinski definition) is 2. The van der Waals surface area contributed by atoms with Gasteiger partial charge in [-0.15, -0.1) is 0 Å². The van der Waals surface area contributed by atoms with E-state index in [0.717, 1.165) is 0 Å². The maximum atomic E-state index is 13.1. The number of aliphatic hydroxyl groups is 1. The van der Waals surface area contributed by atoms with Crippen molar-refractivity contribution in [1.29, 1.82) is 0 Å². The molecule has 0 amide bonds. The Balaban J connectivity index is 1.72. The molecule has 7 unspecified atom stereocenters. The van der Waals surface area contributed by atoms with Crippen molar-refractivity contribution in [3.63, 3.8) is 0 Å². The van der Waals surface area contributed by atoms with E-state index in [2.05, 4.69) is 0 Å². The Kier molecular flexibility index (Phi) is 2.93. The topological polar surface area (TPSA) is 93.1 Å². The quantitative estimate of drug-likeness (QED) is 0.434. The number of halogens is 2. The van der Waals surface area contributed by atoms with Crippen molar-refractivity contribution in [3.05, 3.63) is 0 Å². The van der Waals surface area contributed by atoms with Crippen LogP contribution in [0, 0.1) is 17.8 Å². The largest absolute Gasteiger partial charge is 0.459 e. The zero-order chi connectivity index (χ0) is 13.9. The lowest BCUT2D eigenvalue weighted by molar-refractivity contribution is -0.237. The van der Waals surface area contributed by atoms with Gasteiger partial charge in [0.25, 0.3) is 0 Å². The SMILES string of the molecule is O=C1OC2C3CC(CC13)C2OC(O)C(F)(F)S(=O)O. The predicted octanol–water partition coefficient (Wildman–Crippen LogP) is 0.0859. The molecule has 3 fully saturated rings. The standard InChI is InChI=1S/C10H12F2O6S/c11-10(12,19(15)16)9(14)18-6-3-1-4-5(2-3)8(13)17-7(4)6/h3-7,9,14H,1-2H2,(H,15,16). The van der Waals surface area contributed by atoms with Gasteiger partial charge in [-0.05, 0) is 18.8 Å². The fraction of sp³-hybridized carbons (Fsp3) is 0.900. The molecule has 0 aromatic rings. The Morgan fingerprint density at radius 2 is 2.16 bits per heavy atom. The molecule has 2 bridgehead atoms. The lowest BCUT2D eigenvalue weighted by atomic mass is 9.88. The second-order valence-electron chi connectivity index (χ2n) is 5.17. The third-order valence-electron chi connectivity index (χ3n) is 4.22. The van der Waals surface area contributed by atoms with Crippen LogP contribution >= 0.6 is 0 Å². The number of fused-ring (bicyclic) bond motifs is 1. The Bertz CT molecular complexity index is 444. The van der Waals surface area contributed by atoms with E-state index in [0.29, 0.717) is 12.8 Å². The third kappa shape index (κ3) is 1.83. The van der Waals surface area contributed by atoms with E-state index in [-0.39, 0.29) is 23.7 Å². The average Bonchev–Trinajstić information content (AvgIpc) is 2.93. The molecule has 1 heterocycles. The van der Waals surface area contributed by atoms with Crippen LogP contribution in [-0.2, 0) is 25.3 Å². The van der Waals surface area contributed by atoms with Crippen molar-refractivity contribution in [1.82, 2.24) is 0 Å². The number of carbonyl (C=O) groups excluding carboxylic acids is 1. The zero-order valence-corrected chi connectivity index (χ0v) is 10.4. The Labute approximate surface area is 109 Å². The molecular weight excluding hydrogens is 286 g/mol. The van der Waals surface area contributed by atoms with Gasteiger partial charge >= 0.3 is 11.2 Å². The Hall–Kier alpha value is -0.640. The molecule has 7 atom stereocenters. The second-order valence-corrected chi connectivity index (χ2v) is 6.21. The minimum atomic E-state index is -4.27. The van der Waals surface area contributed by atoms with Gasteiger partial charge in [-0.3, -0.25) is 4.79 Å². The second kappa shape index (κ2) is 4.18. The molecule has 108 valence electrons. The third-order valence-corrected chi connectivity index (χ3v) is 4.89. The fourth-order valence-corrected chi connectivity index (χ4v) is 3.63. The first-order valence-electron chi connectivity index (χ1n) is 5.85. The summed E-state index contributed by atoms with van der Waals surface area (Å²) in [6.45, 7) is 0. The van der Waals surface area contributed by atoms with Crippen LogP contribution in [0.3, 0.4) is 0 Å². The van der Waals surface area contributed by atoms with Crippen LogP contribution in [0.4, 0.5) is 8.78 Å². The molecule has 2 aliphatic carbocycles. The highest BCUT2D eigenvalue weighted by atomic mass is 32.2. The lowest BCUT2D eigenvalue weighted by Gasteiger charge is -2.29. The number of esters is 1. The summed E-state index contributed by atoms with van der Waals surface area (Å²) in [5.41, 5.74) is 0. The number of rotatable bonds is 4. The van der Waals surface area contributed by atoms with Crippen LogP contribution < -0.4 is 0 Å². The molecule has 0 aromatic heterocycles. The van der Waals surface area contributed by atoms with Gasteiger partial charge in [-0.25, -0.2) is 4.21 Å². The number of aliphatic hydroxyl groups excluding tert-OH is 1. The highest BCUT2D eigenvalue weighted by Gasteiger charge is 2.63. The highest BCUT2D eigenvalue weighted by Crippen LogP contribution is 2.55. The van der Waals surface area contributed by atoms with Crippen LogP contribution in [0.1, 0.15) is 12.8 Å². The molecule has 2 saturated carbocycles. The molecule has 1 saturated heterocycles. The maximum Gasteiger partial charge on any atom is 0.394 e. The molecule has 9 heteroatoms.